The highest BCUT2D eigenvalue weighted by atomic mass is 16.5. The molecule has 0 aromatic heterocycles. The Bertz CT molecular complexity index is 497. The Labute approximate surface area is 113 Å². The number of ether oxygens (including phenoxy) is 1. The lowest BCUT2D eigenvalue weighted by Gasteiger charge is -2.21. The average molecular weight is 260 g/mol. The number of anilines is 2. The zero-order chi connectivity index (χ0) is 13.4. The van der Waals surface area contributed by atoms with Gasteiger partial charge in [0.1, 0.15) is 0 Å². The fourth-order valence-electron chi connectivity index (χ4n) is 2.82. The summed E-state index contributed by atoms with van der Waals surface area (Å²) in [5, 5.41) is 3.50. The van der Waals surface area contributed by atoms with Gasteiger partial charge in [0.05, 0.1) is 12.1 Å². The molecule has 1 aliphatic carbocycles. The summed E-state index contributed by atoms with van der Waals surface area (Å²) in [5.41, 5.74) is 7.90. The molecule has 2 fully saturated rings. The summed E-state index contributed by atoms with van der Waals surface area (Å²) in [5.74, 6) is 0.726. The molecule has 0 bridgehead atoms. The molecular weight excluding hydrogens is 240 g/mol. The summed E-state index contributed by atoms with van der Waals surface area (Å²) < 4.78 is 5.81. The standard InChI is InChI=1S/C15H20N2O2/c1-9(18)12-8-11(4-5-13(12)16)17-14-6-7-19-15(14)10-2-3-10/h4-5,8,10,14-15,17H,2-3,6-7,16H2,1H3. The Hall–Kier alpha value is -1.55. The van der Waals surface area contributed by atoms with Crippen molar-refractivity contribution in [3.63, 3.8) is 0 Å². The SMILES string of the molecule is CC(=O)c1cc(NC2CCOC2C2CC2)ccc1N. The number of ketones is 1. The van der Waals surface area contributed by atoms with Gasteiger partial charge < -0.3 is 15.8 Å². The molecule has 102 valence electrons. The van der Waals surface area contributed by atoms with Gasteiger partial charge in [0.2, 0.25) is 0 Å². The molecule has 1 saturated heterocycles. The molecule has 2 unspecified atom stereocenters. The van der Waals surface area contributed by atoms with E-state index in [1.165, 1.54) is 12.8 Å². The summed E-state index contributed by atoms with van der Waals surface area (Å²) in [6.07, 6.45) is 3.92. The van der Waals surface area contributed by atoms with Crippen molar-refractivity contribution in [2.24, 2.45) is 5.92 Å². The number of benzene rings is 1. The van der Waals surface area contributed by atoms with E-state index in [0.29, 0.717) is 23.4 Å². The van der Waals surface area contributed by atoms with E-state index in [1.807, 2.05) is 12.1 Å². The molecule has 0 radical (unpaired) electrons. The zero-order valence-electron chi connectivity index (χ0n) is 11.2. The fourth-order valence-corrected chi connectivity index (χ4v) is 2.82. The summed E-state index contributed by atoms with van der Waals surface area (Å²) >= 11 is 0. The molecule has 19 heavy (non-hydrogen) atoms. The number of carbonyl (C=O) groups excluding carboxylic acids is 1. The molecule has 2 aliphatic rings. The predicted molar refractivity (Wildman–Crippen MR) is 75.4 cm³/mol. The molecule has 1 saturated carbocycles. The van der Waals surface area contributed by atoms with Crippen LogP contribution < -0.4 is 11.1 Å². The van der Waals surface area contributed by atoms with Crippen molar-refractivity contribution in [2.75, 3.05) is 17.7 Å². The maximum atomic E-state index is 11.5. The molecule has 4 heteroatoms. The third kappa shape index (κ3) is 2.59. The van der Waals surface area contributed by atoms with Crippen LogP contribution in [-0.2, 0) is 4.74 Å². The van der Waals surface area contributed by atoms with Gasteiger partial charge >= 0.3 is 0 Å². The van der Waals surface area contributed by atoms with Gasteiger partial charge in [-0.05, 0) is 50.3 Å². The van der Waals surface area contributed by atoms with Crippen LogP contribution in [0.3, 0.4) is 0 Å². The van der Waals surface area contributed by atoms with Crippen molar-refractivity contribution in [3.8, 4) is 0 Å². The molecule has 0 spiro atoms. The number of nitrogens with one attached hydrogen (secondary N) is 1. The normalized spacial score (nSPS) is 26.4. The first-order valence-electron chi connectivity index (χ1n) is 6.94. The Morgan fingerprint density at radius 3 is 2.84 bits per heavy atom. The van der Waals surface area contributed by atoms with Gasteiger partial charge in [0.25, 0.3) is 0 Å². The van der Waals surface area contributed by atoms with Crippen molar-refractivity contribution in [1.82, 2.24) is 0 Å². The molecule has 0 amide bonds. The maximum Gasteiger partial charge on any atom is 0.161 e. The number of rotatable bonds is 4. The largest absolute Gasteiger partial charge is 0.398 e. The topological polar surface area (TPSA) is 64.3 Å². The molecule has 3 rings (SSSR count). The van der Waals surface area contributed by atoms with Crippen molar-refractivity contribution >= 4 is 17.2 Å². The van der Waals surface area contributed by atoms with E-state index in [-0.39, 0.29) is 5.78 Å². The molecule has 3 N–H and O–H groups in total. The number of hydrogen-bond donors (Lipinski definition) is 2. The van der Waals surface area contributed by atoms with Gasteiger partial charge in [-0.3, -0.25) is 4.79 Å². The minimum Gasteiger partial charge on any atom is -0.398 e. The number of hydrogen-bond acceptors (Lipinski definition) is 4. The van der Waals surface area contributed by atoms with Crippen molar-refractivity contribution in [2.45, 2.75) is 38.3 Å². The summed E-state index contributed by atoms with van der Waals surface area (Å²) in [7, 11) is 0. The molecule has 1 heterocycles. The first-order chi connectivity index (χ1) is 9.15. The summed E-state index contributed by atoms with van der Waals surface area (Å²) in [6, 6.07) is 5.93. The molecule has 4 nitrogen and oxygen atoms in total. The Morgan fingerprint density at radius 1 is 1.37 bits per heavy atom. The highest BCUT2D eigenvalue weighted by molar-refractivity contribution is 6.00. The lowest BCUT2D eigenvalue weighted by molar-refractivity contribution is 0.0898. The molecular formula is C15H20N2O2. The van der Waals surface area contributed by atoms with Crippen LogP contribution in [0.25, 0.3) is 0 Å². The first-order valence-corrected chi connectivity index (χ1v) is 6.94. The van der Waals surface area contributed by atoms with Crippen LogP contribution in [0.4, 0.5) is 11.4 Å². The number of nitrogen functional groups attached to an aromatic ring is 1. The number of carbonyl (C=O) groups is 1. The Kier molecular flexibility index (Phi) is 3.19. The van der Waals surface area contributed by atoms with E-state index >= 15 is 0 Å². The molecule has 2 atom stereocenters. The zero-order valence-corrected chi connectivity index (χ0v) is 11.2. The molecule has 1 aromatic rings. The lowest BCUT2D eigenvalue weighted by Crippen LogP contribution is -2.31. The van der Waals surface area contributed by atoms with Gasteiger partial charge in [-0.25, -0.2) is 0 Å². The van der Waals surface area contributed by atoms with Crippen LogP contribution in [0.5, 0.6) is 0 Å². The fraction of sp³-hybridized carbons (Fsp3) is 0.533. The number of nitrogens with two attached hydrogens (primary N) is 1. The first kappa shape index (κ1) is 12.5. The second-order valence-corrected chi connectivity index (χ2v) is 5.57. The van der Waals surface area contributed by atoms with Gasteiger partial charge in [0.15, 0.2) is 5.78 Å². The number of Topliss-reactive ketones (excluding diaryl/α,β-unsaturated/α-hetero) is 1. The van der Waals surface area contributed by atoms with Crippen LogP contribution >= 0.6 is 0 Å². The van der Waals surface area contributed by atoms with Gasteiger partial charge in [-0.15, -0.1) is 0 Å². The Morgan fingerprint density at radius 2 is 2.16 bits per heavy atom. The second-order valence-electron chi connectivity index (χ2n) is 5.57. The monoisotopic (exact) mass is 260 g/mol. The van der Waals surface area contributed by atoms with Crippen molar-refractivity contribution in [3.05, 3.63) is 23.8 Å². The summed E-state index contributed by atoms with van der Waals surface area (Å²) in [6.45, 7) is 2.37. The second kappa shape index (κ2) is 4.85. The Balaban J connectivity index is 1.75. The molecule has 1 aromatic carbocycles. The average Bonchev–Trinajstić information content (AvgIpc) is 3.12. The lowest BCUT2D eigenvalue weighted by atomic mass is 10.0. The third-order valence-corrected chi connectivity index (χ3v) is 4.01. The van der Waals surface area contributed by atoms with E-state index in [1.54, 1.807) is 13.0 Å². The minimum atomic E-state index is 0.00237. The highest BCUT2D eigenvalue weighted by Gasteiger charge is 2.40. The predicted octanol–water partition coefficient (Wildman–Crippen LogP) is 2.45. The molecule has 1 aliphatic heterocycles. The van der Waals surface area contributed by atoms with Gasteiger partial charge in [0, 0.05) is 23.5 Å². The highest BCUT2D eigenvalue weighted by Crippen LogP contribution is 2.39. The van der Waals surface area contributed by atoms with Gasteiger partial charge in [-0.1, -0.05) is 0 Å². The third-order valence-electron chi connectivity index (χ3n) is 4.01. The van der Waals surface area contributed by atoms with E-state index in [4.69, 9.17) is 10.5 Å². The smallest absolute Gasteiger partial charge is 0.161 e. The van der Waals surface area contributed by atoms with Crippen LogP contribution in [0.1, 0.15) is 36.5 Å². The maximum absolute atomic E-state index is 11.5. The van der Waals surface area contributed by atoms with E-state index < -0.39 is 0 Å². The van der Waals surface area contributed by atoms with Crippen LogP contribution in [0.15, 0.2) is 18.2 Å². The van der Waals surface area contributed by atoms with Gasteiger partial charge in [-0.2, -0.15) is 0 Å². The van der Waals surface area contributed by atoms with Crippen LogP contribution in [0, 0.1) is 5.92 Å². The van der Waals surface area contributed by atoms with E-state index in [9.17, 15) is 4.79 Å². The van der Waals surface area contributed by atoms with Crippen molar-refractivity contribution in [1.29, 1.82) is 0 Å². The van der Waals surface area contributed by atoms with Crippen LogP contribution in [0.2, 0.25) is 0 Å². The van der Waals surface area contributed by atoms with Crippen molar-refractivity contribution < 1.29 is 9.53 Å². The minimum absolute atomic E-state index is 0.00237. The van der Waals surface area contributed by atoms with E-state index in [2.05, 4.69) is 5.32 Å². The van der Waals surface area contributed by atoms with Crippen LogP contribution in [-0.4, -0.2) is 24.5 Å². The van der Waals surface area contributed by atoms with E-state index in [0.717, 1.165) is 24.6 Å². The summed E-state index contributed by atoms with van der Waals surface area (Å²) in [4.78, 5) is 11.5. The quantitative estimate of drug-likeness (QED) is 0.644.